The first-order chi connectivity index (χ1) is 14.0. The van der Waals surface area contributed by atoms with Crippen molar-refractivity contribution < 1.29 is 13.2 Å². The Hall–Kier alpha value is -3.12. The minimum Gasteiger partial charge on any atom is -0.352 e. The van der Waals surface area contributed by atoms with Gasteiger partial charge in [-0.15, -0.1) is 0 Å². The van der Waals surface area contributed by atoms with E-state index in [0.717, 1.165) is 12.8 Å². The van der Waals surface area contributed by atoms with Crippen LogP contribution >= 0.6 is 0 Å². The van der Waals surface area contributed by atoms with Crippen LogP contribution < -0.4 is 10.0 Å². The molecule has 0 bridgehead atoms. The number of amides is 1. The van der Waals surface area contributed by atoms with Crippen molar-refractivity contribution in [2.45, 2.75) is 24.7 Å². The van der Waals surface area contributed by atoms with E-state index in [0.29, 0.717) is 23.4 Å². The number of aryl methyl sites for hydroxylation is 2. The maximum Gasteiger partial charge on any atom is 0.262 e. The monoisotopic (exact) mass is 408 g/mol. The second kappa shape index (κ2) is 9.39. The number of carbonyl (C=O) groups is 1. The van der Waals surface area contributed by atoms with Gasteiger partial charge in [0.15, 0.2) is 0 Å². The Balaban J connectivity index is 1.65. The van der Waals surface area contributed by atoms with Crippen LogP contribution in [0.15, 0.2) is 83.8 Å². The largest absolute Gasteiger partial charge is 0.352 e. The van der Waals surface area contributed by atoms with E-state index in [1.54, 1.807) is 43.3 Å². The molecular formula is C23H24N2O3S. The minimum atomic E-state index is -3.79. The molecule has 29 heavy (non-hydrogen) atoms. The van der Waals surface area contributed by atoms with Gasteiger partial charge in [0.2, 0.25) is 0 Å². The number of nitrogens with one attached hydrogen (secondary N) is 2. The summed E-state index contributed by atoms with van der Waals surface area (Å²) in [5.41, 5.74) is 2.60. The quantitative estimate of drug-likeness (QED) is 0.550. The molecule has 150 valence electrons. The molecule has 0 aliphatic heterocycles. The van der Waals surface area contributed by atoms with Crippen LogP contribution in [0, 0.1) is 6.92 Å². The molecule has 3 aromatic carbocycles. The molecule has 3 rings (SSSR count). The highest BCUT2D eigenvalue weighted by Crippen LogP contribution is 2.20. The molecule has 0 radical (unpaired) electrons. The number of rotatable bonds is 8. The van der Waals surface area contributed by atoms with Gasteiger partial charge in [-0.2, -0.15) is 0 Å². The number of sulfonamides is 1. The third-order valence-corrected chi connectivity index (χ3v) is 6.06. The summed E-state index contributed by atoms with van der Waals surface area (Å²) in [6.45, 7) is 2.23. The van der Waals surface area contributed by atoms with Gasteiger partial charge in [0, 0.05) is 17.8 Å². The van der Waals surface area contributed by atoms with E-state index in [1.807, 2.05) is 24.3 Å². The Kier molecular flexibility index (Phi) is 6.67. The van der Waals surface area contributed by atoms with Gasteiger partial charge in [0.1, 0.15) is 0 Å². The number of hydrogen-bond acceptors (Lipinski definition) is 3. The van der Waals surface area contributed by atoms with E-state index in [1.165, 1.54) is 11.6 Å². The predicted octanol–water partition coefficient (Wildman–Crippen LogP) is 4.16. The summed E-state index contributed by atoms with van der Waals surface area (Å²) in [6, 6.07) is 23.5. The summed E-state index contributed by atoms with van der Waals surface area (Å²) in [5.74, 6) is -0.283. The highest BCUT2D eigenvalue weighted by Gasteiger charge is 2.19. The van der Waals surface area contributed by atoms with Crippen molar-refractivity contribution in [3.63, 3.8) is 0 Å². The summed E-state index contributed by atoms with van der Waals surface area (Å²) < 4.78 is 28.1. The Morgan fingerprint density at radius 2 is 1.55 bits per heavy atom. The van der Waals surface area contributed by atoms with Gasteiger partial charge >= 0.3 is 0 Å². The Morgan fingerprint density at radius 3 is 2.24 bits per heavy atom. The lowest BCUT2D eigenvalue weighted by molar-refractivity contribution is 0.0953. The van der Waals surface area contributed by atoms with Gasteiger partial charge < -0.3 is 5.32 Å². The highest BCUT2D eigenvalue weighted by atomic mass is 32.2. The molecule has 0 fully saturated rings. The molecule has 0 atom stereocenters. The van der Waals surface area contributed by atoms with Crippen LogP contribution in [0.3, 0.4) is 0 Å². The third-order valence-electron chi connectivity index (χ3n) is 4.54. The first kappa shape index (κ1) is 20.6. The van der Waals surface area contributed by atoms with Crippen molar-refractivity contribution in [1.29, 1.82) is 0 Å². The molecule has 0 aliphatic carbocycles. The van der Waals surface area contributed by atoms with Gasteiger partial charge in [0.25, 0.3) is 15.9 Å². The molecule has 0 saturated heterocycles. The molecule has 0 unspecified atom stereocenters. The normalized spacial score (nSPS) is 11.1. The Morgan fingerprint density at radius 1 is 0.897 bits per heavy atom. The topological polar surface area (TPSA) is 75.3 Å². The van der Waals surface area contributed by atoms with Gasteiger partial charge in [0.05, 0.1) is 4.90 Å². The maximum atomic E-state index is 12.8. The third kappa shape index (κ3) is 5.68. The molecule has 0 heterocycles. The number of para-hydroxylation sites is 1. The summed E-state index contributed by atoms with van der Waals surface area (Å²) in [7, 11) is -3.79. The van der Waals surface area contributed by atoms with E-state index in [-0.39, 0.29) is 10.8 Å². The van der Waals surface area contributed by atoms with Crippen LogP contribution in [-0.4, -0.2) is 20.9 Å². The molecule has 6 heteroatoms. The fourth-order valence-electron chi connectivity index (χ4n) is 2.99. The second-order valence-corrected chi connectivity index (χ2v) is 8.45. The van der Waals surface area contributed by atoms with Crippen molar-refractivity contribution in [2.75, 3.05) is 11.3 Å². The average Bonchev–Trinajstić information content (AvgIpc) is 2.72. The lowest BCUT2D eigenvalue weighted by Gasteiger charge is -2.12. The summed E-state index contributed by atoms with van der Waals surface area (Å²) >= 11 is 0. The number of benzene rings is 3. The standard InChI is InChI=1S/C23H24N2O3S/c1-18-14-15-20(23(26)24-16-8-11-19-9-4-2-5-10-19)17-22(18)29(27,28)25-21-12-6-3-7-13-21/h2-7,9-10,12-15,17,25H,8,11,16H2,1H3,(H,24,26). The fourth-order valence-corrected chi connectivity index (χ4v) is 4.32. The molecule has 0 saturated carbocycles. The smallest absolute Gasteiger partial charge is 0.262 e. The average molecular weight is 409 g/mol. The van der Waals surface area contributed by atoms with Crippen molar-refractivity contribution in [3.8, 4) is 0 Å². The van der Waals surface area contributed by atoms with Crippen LogP contribution in [0.25, 0.3) is 0 Å². The van der Waals surface area contributed by atoms with Crippen LogP contribution in [0.2, 0.25) is 0 Å². The zero-order valence-electron chi connectivity index (χ0n) is 16.3. The van der Waals surface area contributed by atoms with Crippen molar-refractivity contribution >= 4 is 21.6 Å². The molecule has 1 amide bonds. The minimum absolute atomic E-state index is 0.0956. The second-order valence-electron chi connectivity index (χ2n) is 6.80. The van der Waals surface area contributed by atoms with Crippen LogP contribution in [0.4, 0.5) is 5.69 Å². The first-order valence-corrected chi connectivity index (χ1v) is 10.9. The van der Waals surface area contributed by atoms with Gasteiger partial charge in [-0.3, -0.25) is 9.52 Å². The van der Waals surface area contributed by atoms with Crippen LogP contribution in [-0.2, 0) is 16.4 Å². The van der Waals surface area contributed by atoms with Crippen LogP contribution in [0.1, 0.15) is 27.9 Å². The van der Waals surface area contributed by atoms with Crippen molar-refractivity contribution in [1.82, 2.24) is 5.32 Å². The zero-order valence-corrected chi connectivity index (χ0v) is 17.1. The van der Waals surface area contributed by atoms with Gasteiger partial charge in [-0.25, -0.2) is 8.42 Å². The number of anilines is 1. The fraction of sp³-hybridized carbons (Fsp3) is 0.174. The summed E-state index contributed by atoms with van der Waals surface area (Å²) in [5, 5.41) is 2.86. The van der Waals surface area contributed by atoms with E-state index in [9.17, 15) is 13.2 Å². The number of carbonyl (C=O) groups excluding carboxylic acids is 1. The molecule has 0 aromatic heterocycles. The van der Waals surface area contributed by atoms with E-state index in [2.05, 4.69) is 22.2 Å². The zero-order chi connectivity index (χ0) is 20.7. The molecule has 5 nitrogen and oxygen atoms in total. The lowest BCUT2D eigenvalue weighted by atomic mass is 10.1. The van der Waals surface area contributed by atoms with Gasteiger partial charge in [-0.1, -0.05) is 54.6 Å². The summed E-state index contributed by atoms with van der Waals surface area (Å²) in [4.78, 5) is 12.6. The van der Waals surface area contributed by atoms with Crippen molar-refractivity contribution in [3.05, 3.63) is 95.6 Å². The van der Waals surface area contributed by atoms with Gasteiger partial charge in [-0.05, 0) is 55.2 Å². The Labute approximate surface area is 171 Å². The molecule has 0 aliphatic rings. The van der Waals surface area contributed by atoms with E-state index in [4.69, 9.17) is 0 Å². The predicted molar refractivity (Wildman–Crippen MR) is 116 cm³/mol. The number of hydrogen-bond donors (Lipinski definition) is 2. The Bertz CT molecular complexity index is 1070. The lowest BCUT2D eigenvalue weighted by Crippen LogP contribution is -2.25. The molecular weight excluding hydrogens is 384 g/mol. The molecule has 0 spiro atoms. The summed E-state index contributed by atoms with van der Waals surface area (Å²) in [6.07, 6.45) is 1.68. The molecule has 2 N–H and O–H groups in total. The molecule has 3 aromatic rings. The maximum absolute atomic E-state index is 12.8. The van der Waals surface area contributed by atoms with Crippen molar-refractivity contribution in [2.24, 2.45) is 0 Å². The SMILES string of the molecule is Cc1ccc(C(=O)NCCCc2ccccc2)cc1S(=O)(=O)Nc1ccccc1. The van der Waals surface area contributed by atoms with E-state index >= 15 is 0 Å². The van der Waals surface area contributed by atoms with Crippen LogP contribution in [0.5, 0.6) is 0 Å². The highest BCUT2D eigenvalue weighted by molar-refractivity contribution is 7.92. The van der Waals surface area contributed by atoms with E-state index < -0.39 is 10.0 Å². The first-order valence-electron chi connectivity index (χ1n) is 9.46.